The molecule has 2 aromatic heterocycles. The normalized spacial score (nSPS) is 15.1. The zero-order chi connectivity index (χ0) is 14.7. The van der Waals surface area contributed by atoms with Gasteiger partial charge in [0.25, 0.3) is 5.91 Å². The number of nitrogens with one attached hydrogen (secondary N) is 2. The molecule has 2 aromatic rings. The van der Waals surface area contributed by atoms with Crippen LogP contribution in [0.1, 0.15) is 41.9 Å². The van der Waals surface area contributed by atoms with Gasteiger partial charge < -0.3 is 15.2 Å². The van der Waals surface area contributed by atoms with Gasteiger partial charge in [0.2, 0.25) is 0 Å². The van der Waals surface area contributed by atoms with Crippen molar-refractivity contribution >= 4 is 17.5 Å². The maximum absolute atomic E-state index is 12.1. The third-order valence-corrected chi connectivity index (χ3v) is 3.48. The summed E-state index contributed by atoms with van der Waals surface area (Å²) in [7, 11) is 0. The Bertz CT molecular complexity index is 634. The van der Waals surface area contributed by atoms with E-state index in [4.69, 9.17) is 4.52 Å². The Labute approximate surface area is 122 Å². The minimum Gasteiger partial charge on any atom is -0.367 e. The number of carbonyl (C=O) groups is 1. The van der Waals surface area contributed by atoms with Gasteiger partial charge in [0.1, 0.15) is 23.6 Å². The van der Waals surface area contributed by atoms with Crippen LogP contribution in [0.3, 0.4) is 0 Å². The summed E-state index contributed by atoms with van der Waals surface area (Å²) in [6.07, 6.45) is 6.15. The number of hydrogen-bond donors (Lipinski definition) is 2. The molecule has 1 aliphatic rings. The van der Waals surface area contributed by atoms with Crippen LogP contribution >= 0.6 is 0 Å². The molecule has 110 valence electrons. The van der Waals surface area contributed by atoms with E-state index in [1.165, 1.54) is 19.2 Å². The van der Waals surface area contributed by atoms with E-state index < -0.39 is 0 Å². The number of anilines is 2. The van der Waals surface area contributed by atoms with Crippen molar-refractivity contribution in [1.82, 2.24) is 15.1 Å². The van der Waals surface area contributed by atoms with Crippen LogP contribution in [0.25, 0.3) is 0 Å². The van der Waals surface area contributed by atoms with Crippen molar-refractivity contribution in [3.63, 3.8) is 0 Å². The lowest BCUT2D eigenvalue weighted by Gasteiger charge is -2.12. The van der Waals surface area contributed by atoms with Crippen LogP contribution in [0.4, 0.5) is 11.6 Å². The van der Waals surface area contributed by atoms with E-state index in [0.717, 1.165) is 12.8 Å². The first kappa shape index (κ1) is 13.5. The molecule has 0 radical (unpaired) electrons. The van der Waals surface area contributed by atoms with Crippen molar-refractivity contribution < 1.29 is 9.32 Å². The van der Waals surface area contributed by atoms with Crippen molar-refractivity contribution in [3.05, 3.63) is 29.9 Å². The molecule has 0 unspecified atom stereocenters. The molecule has 2 heterocycles. The maximum atomic E-state index is 12.1. The van der Waals surface area contributed by atoms with E-state index in [-0.39, 0.29) is 5.91 Å². The summed E-state index contributed by atoms with van der Waals surface area (Å²) < 4.78 is 4.90. The summed E-state index contributed by atoms with van der Waals surface area (Å²) in [6, 6.07) is 3.74. The summed E-state index contributed by atoms with van der Waals surface area (Å²) in [5.41, 5.74) is 0.297. The van der Waals surface area contributed by atoms with Crippen molar-refractivity contribution in [2.45, 2.75) is 38.6 Å². The van der Waals surface area contributed by atoms with Gasteiger partial charge >= 0.3 is 0 Å². The lowest BCUT2D eigenvalue weighted by atomic mass is 10.2. The molecule has 3 rings (SSSR count). The molecule has 1 saturated carbocycles. The Balaban J connectivity index is 1.68. The van der Waals surface area contributed by atoms with Crippen molar-refractivity contribution in [2.24, 2.45) is 0 Å². The first-order valence-electron chi connectivity index (χ1n) is 7.04. The Kier molecular flexibility index (Phi) is 3.81. The fourth-order valence-corrected chi connectivity index (χ4v) is 2.45. The quantitative estimate of drug-likeness (QED) is 0.896. The van der Waals surface area contributed by atoms with Crippen molar-refractivity contribution in [2.75, 3.05) is 10.6 Å². The zero-order valence-electron chi connectivity index (χ0n) is 11.8. The highest BCUT2D eigenvalue weighted by atomic mass is 16.5. The van der Waals surface area contributed by atoms with E-state index in [9.17, 15) is 4.79 Å². The molecule has 7 nitrogen and oxygen atoms in total. The van der Waals surface area contributed by atoms with Gasteiger partial charge in [-0.05, 0) is 19.8 Å². The Morgan fingerprint density at radius 3 is 2.76 bits per heavy atom. The fraction of sp³-hybridized carbons (Fsp3) is 0.429. The SMILES string of the molecule is Cc1cc(NC(=O)c2cc(NC3CCCC3)ncn2)no1. The molecule has 21 heavy (non-hydrogen) atoms. The zero-order valence-corrected chi connectivity index (χ0v) is 11.8. The number of nitrogens with zero attached hydrogens (tertiary/aromatic N) is 3. The van der Waals surface area contributed by atoms with Gasteiger partial charge in [-0.15, -0.1) is 0 Å². The third kappa shape index (κ3) is 3.36. The van der Waals surface area contributed by atoms with E-state index in [0.29, 0.717) is 29.1 Å². The topological polar surface area (TPSA) is 92.9 Å². The highest BCUT2D eigenvalue weighted by Crippen LogP contribution is 2.21. The molecule has 7 heteroatoms. The molecule has 0 aromatic carbocycles. The second-order valence-electron chi connectivity index (χ2n) is 5.19. The third-order valence-electron chi connectivity index (χ3n) is 3.48. The molecule has 0 atom stereocenters. The van der Waals surface area contributed by atoms with E-state index >= 15 is 0 Å². The van der Waals surface area contributed by atoms with Gasteiger partial charge in [0.15, 0.2) is 5.82 Å². The highest BCUT2D eigenvalue weighted by Gasteiger charge is 2.16. The van der Waals surface area contributed by atoms with Crippen LogP contribution in [0.5, 0.6) is 0 Å². The lowest BCUT2D eigenvalue weighted by molar-refractivity contribution is 0.102. The molecule has 0 saturated heterocycles. The summed E-state index contributed by atoms with van der Waals surface area (Å²) >= 11 is 0. The largest absolute Gasteiger partial charge is 0.367 e. The Morgan fingerprint density at radius 1 is 1.24 bits per heavy atom. The minimum absolute atomic E-state index is 0.297. The number of carbonyl (C=O) groups excluding carboxylic acids is 1. The van der Waals surface area contributed by atoms with Gasteiger partial charge in [-0.3, -0.25) is 4.79 Å². The van der Waals surface area contributed by atoms with Crippen LogP contribution in [-0.2, 0) is 0 Å². The predicted molar refractivity (Wildman–Crippen MR) is 77.1 cm³/mol. The molecule has 1 amide bonds. The van der Waals surface area contributed by atoms with E-state index in [2.05, 4.69) is 25.8 Å². The van der Waals surface area contributed by atoms with E-state index in [1.807, 2.05) is 0 Å². The van der Waals surface area contributed by atoms with Gasteiger partial charge in [0.05, 0.1) is 0 Å². The summed E-state index contributed by atoms with van der Waals surface area (Å²) in [5, 5.41) is 9.70. The van der Waals surface area contributed by atoms with Crippen LogP contribution in [0.15, 0.2) is 23.0 Å². The molecular formula is C14H17N5O2. The van der Waals surface area contributed by atoms with Crippen molar-refractivity contribution in [1.29, 1.82) is 0 Å². The van der Waals surface area contributed by atoms with E-state index in [1.54, 1.807) is 19.1 Å². The number of hydrogen-bond acceptors (Lipinski definition) is 6. The number of aryl methyl sites for hydroxylation is 1. The smallest absolute Gasteiger partial charge is 0.275 e. The Hall–Kier alpha value is -2.44. The minimum atomic E-state index is -0.333. The molecule has 1 aliphatic carbocycles. The van der Waals surface area contributed by atoms with Crippen LogP contribution in [0, 0.1) is 6.92 Å². The molecule has 0 bridgehead atoms. The van der Waals surface area contributed by atoms with Crippen LogP contribution < -0.4 is 10.6 Å². The second-order valence-corrected chi connectivity index (χ2v) is 5.19. The maximum Gasteiger partial charge on any atom is 0.275 e. The van der Waals surface area contributed by atoms with Crippen molar-refractivity contribution in [3.8, 4) is 0 Å². The molecule has 0 spiro atoms. The number of rotatable bonds is 4. The number of aromatic nitrogens is 3. The lowest BCUT2D eigenvalue weighted by Crippen LogP contribution is -2.18. The fourth-order valence-electron chi connectivity index (χ4n) is 2.45. The Morgan fingerprint density at radius 2 is 2.05 bits per heavy atom. The summed E-state index contributed by atoms with van der Waals surface area (Å²) in [6.45, 7) is 1.76. The monoisotopic (exact) mass is 287 g/mol. The molecular weight excluding hydrogens is 270 g/mol. The summed E-state index contributed by atoms with van der Waals surface area (Å²) in [5.74, 6) is 1.36. The van der Waals surface area contributed by atoms with Gasteiger partial charge in [-0.1, -0.05) is 18.0 Å². The highest BCUT2D eigenvalue weighted by molar-refractivity contribution is 6.02. The average Bonchev–Trinajstić information content (AvgIpc) is 3.11. The van der Waals surface area contributed by atoms with Gasteiger partial charge in [0, 0.05) is 18.2 Å². The molecule has 0 aliphatic heterocycles. The first-order chi connectivity index (χ1) is 10.2. The van der Waals surface area contributed by atoms with Crippen LogP contribution in [-0.4, -0.2) is 27.1 Å². The van der Waals surface area contributed by atoms with Gasteiger partial charge in [-0.25, -0.2) is 9.97 Å². The van der Waals surface area contributed by atoms with Gasteiger partial charge in [-0.2, -0.15) is 0 Å². The molecule has 2 N–H and O–H groups in total. The summed E-state index contributed by atoms with van der Waals surface area (Å²) in [4.78, 5) is 20.3. The second kappa shape index (κ2) is 5.90. The first-order valence-corrected chi connectivity index (χ1v) is 7.04. The number of amides is 1. The predicted octanol–water partition coefficient (Wildman–Crippen LogP) is 2.38. The standard InChI is InChI=1S/C14H17N5O2/c1-9-6-13(19-21-9)18-14(20)11-7-12(16-8-15-11)17-10-4-2-3-5-10/h6-8,10H,2-5H2,1H3,(H,15,16,17)(H,18,19,20). The van der Waals surface area contributed by atoms with Crippen LogP contribution in [0.2, 0.25) is 0 Å². The average molecular weight is 287 g/mol. The molecule has 1 fully saturated rings.